The van der Waals surface area contributed by atoms with E-state index in [2.05, 4.69) is 28.5 Å². The highest BCUT2D eigenvalue weighted by molar-refractivity contribution is 5.76. The quantitative estimate of drug-likeness (QED) is 0.841. The van der Waals surface area contributed by atoms with Gasteiger partial charge < -0.3 is 9.88 Å². The molecule has 0 saturated carbocycles. The second-order valence-corrected chi connectivity index (χ2v) is 3.91. The lowest BCUT2D eigenvalue weighted by molar-refractivity contribution is -0.118. The first-order chi connectivity index (χ1) is 7.66. The fourth-order valence-electron chi connectivity index (χ4n) is 1.72. The summed E-state index contributed by atoms with van der Waals surface area (Å²) in [7, 11) is 1.98. The van der Waals surface area contributed by atoms with E-state index in [9.17, 15) is 4.79 Å². The Morgan fingerprint density at radius 1 is 1.50 bits per heavy atom. The Morgan fingerprint density at radius 3 is 3.06 bits per heavy atom. The normalized spacial score (nSPS) is 10.6. The molecule has 1 N–H and O–H groups in total. The Bertz CT molecular complexity index is 516. The van der Waals surface area contributed by atoms with Crippen LogP contribution >= 0.6 is 0 Å². The molecular weight excluding hydrogens is 202 g/mol. The van der Waals surface area contributed by atoms with Gasteiger partial charge in [-0.25, -0.2) is 4.98 Å². The molecule has 4 heteroatoms. The van der Waals surface area contributed by atoms with Crippen LogP contribution in [-0.2, 0) is 18.3 Å². The lowest BCUT2D eigenvalue weighted by Crippen LogP contribution is -2.22. The average molecular weight is 217 g/mol. The molecule has 0 saturated heterocycles. The zero-order chi connectivity index (χ0) is 11.5. The van der Waals surface area contributed by atoms with Crippen molar-refractivity contribution in [2.75, 3.05) is 6.54 Å². The largest absolute Gasteiger partial charge is 0.356 e. The molecule has 0 radical (unpaired) electrons. The Morgan fingerprint density at radius 2 is 2.31 bits per heavy atom. The Labute approximate surface area is 94.3 Å². The average Bonchev–Trinajstić information content (AvgIpc) is 2.60. The summed E-state index contributed by atoms with van der Waals surface area (Å²) >= 11 is 0. The number of rotatable bonds is 3. The zero-order valence-corrected chi connectivity index (χ0v) is 9.53. The van der Waals surface area contributed by atoms with E-state index in [0.717, 1.165) is 17.5 Å². The van der Waals surface area contributed by atoms with Gasteiger partial charge in [-0.15, -0.1) is 0 Å². The molecule has 2 aromatic rings. The summed E-state index contributed by atoms with van der Waals surface area (Å²) in [6, 6.07) is 6.20. The molecule has 0 unspecified atom stereocenters. The molecule has 84 valence electrons. The monoisotopic (exact) mass is 217 g/mol. The van der Waals surface area contributed by atoms with Crippen LogP contribution in [-0.4, -0.2) is 22.0 Å². The van der Waals surface area contributed by atoms with Gasteiger partial charge in [0.05, 0.1) is 17.4 Å². The van der Waals surface area contributed by atoms with Crippen molar-refractivity contribution >= 4 is 16.9 Å². The zero-order valence-electron chi connectivity index (χ0n) is 9.53. The number of carbonyl (C=O) groups is 1. The summed E-state index contributed by atoms with van der Waals surface area (Å²) in [5.74, 6) is 0.0129. The summed E-state index contributed by atoms with van der Waals surface area (Å²) < 4.78 is 1.99. The van der Waals surface area contributed by atoms with Crippen LogP contribution in [0.2, 0.25) is 0 Å². The number of benzene rings is 1. The molecule has 0 aliphatic rings. The van der Waals surface area contributed by atoms with E-state index in [4.69, 9.17) is 0 Å². The van der Waals surface area contributed by atoms with Crippen molar-refractivity contribution in [1.29, 1.82) is 0 Å². The van der Waals surface area contributed by atoms with Crippen molar-refractivity contribution in [2.24, 2.45) is 7.05 Å². The summed E-state index contributed by atoms with van der Waals surface area (Å²) in [6.45, 7) is 2.20. The highest BCUT2D eigenvalue weighted by Gasteiger charge is 2.01. The predicted molar refractivity (Wildman–Crippen MR) is 63.1 cm³/mol. The number of aryl methyl sites for hydroxylation is 1. The molecular formula is C12H15N3O. The van der Waals surface area contributed by atoms with Gasteiger partial charge in [-0.3, -0.25) is 4.79 Å². The molecule has 0 aliphatic heterocycles. The number of nitrogens with zero attached hydrogens (tertiary/aromatic N) is 2. The lowest BCUT2D eigenvalue weighted by atomic mass is 10.1. The molecule has 1 heterocycles. The van der Waals surface area contributed by atoms with Gasteiger partial charge in [0.2, 0.25) is 5.91 Å². The van der Waals surface area contributed by atoms with E-state index < -0.39 is 0 Å². The number of fused-ring (bicyclic) bond motifs is 1. The maximum atomic E-state index is 10.7. The summed E-state index contributed by atoms with van der Waals surface area (Å²) in [6.07, 6.45) is 2.65. The first-order valence-corrected chi connectivity index (χ1v) is 5.31. The van der Waals surface area contributed by atoms with Gasteiger partial charge in [0.1, 0.15) is 0 Å². The minimum atomic E-state index is 0.0129. The van der Waals surface area contributed by atoms with E-state index in [1.165, 1.54) is 12.5 Å². The summed E-state index contributed by atoms with van der Waals surface area (Å²) in [5.41, 5.74) is 3.33. The van der Waals surface area contributed by atoms with Crippen LogP contribution in [0.1, 0.15) is 12.5 Å². The van der Waals surface area contributed by atoms with Gasteiger partial charge in [-0.2, -0.15) is 0 Å². The van der Waals surface area contributed by atoms with Crippen LogP contribution in [0.15, 0.2) is 24.5 Å². The fourth-order valence-corrected chi connectivity index (χ4v) is 1.72. The van der Waals surface area contributed by atoms with Gasteiger partial charge in [0.15, 0.2) is 0 Å². The first kappa shape index (κ1) is 10.7. The molecule has 4 nitrogen and oxygen atoms in total. The molecule has 0 aliphatic carbocycles. The van der Waals surface area contributed by atoms with Crippen molar-refractivity contribution < 1.29 is 4.79 Å². The number of amides is 1. The Kier molecular flexibility index (Phi) is 2.90. The molecule has 1 amide bonds. The van der Waals surface area contributed by atoms with E-state index in [1.807, 2.05) is 17.9 Å². The number of aromatic nitrogens is 2. The van der Waals surface area contributed by atoms with Gasteiger partial charge in [0.25, 0.3) is 0 Å². The van der Waals surface area contributed by atoms with E-state index in [-0.39, 0.29) is 5.91 Å². The van der Waals surface area contributed by atoms with Crippen molar-refractivity contribution in [3.8, 4) is 0 Å². The molecule has 2 rings (SSSR count). The molecule has 0 spiro atoms. The number of carbonyl (C=O) groups excluding carboxylic acids is 1. The standard InChI is InChI=1S/C12H15N3O/c1-9(16)13-6-5-10-3-4-12-11(7-10)14-8-15(12)2/h3-4,7-8H,5-6H2,1-2H3,(H,13,16). The third-order valence-electron chi connectivity index (χ3n) is 2.58. The molecule has 0 atom stereocenters. The van der Waals surface area contributed by atoms with Crippen molar-refractivity contribution in [3.63, 3.8) is 0 Å². The Balaban J connectivity index is 2.11. The number of imidazole rings is 1. The highest BCUT2D eigenvalue weighted by Crippen LogP contribution is 2.13. The summed E-state index contributed by atoms with van der Waals surface area (Å²) in [4.78, 5) is 15.0. The van der Waals surface area contributed by atoms with Gasteiger partial charge in [-0.05, 0) is 24.1 Å². The van der Waals surface area contributed by atoms with Crippen LogP contribution in [0.25, 0.3) is 11.0 Å². The van der Waals surface area contributed by atoms with Crippen LogP contribution < -0.4 is 5.32 Å². The Hall–Kier alpha value is -1.84. The third kappa shape index (κ3) is 2.21. The molecule has 1 aromatic carbocycles. The number of hydrogen-bond acceptors (Lipinski definition) is 2. The molecule has 1 aromatic heterocycles. The maximum absolute atomic E-state index is 10.7. The van der Waals surface area contributed by atoms with E-state index in [1.54, 1.807) is 0 Å². The van der Waals surface area contributed by atoms with Crippen molar-refractivity contribution in [1.82, 2.24) is 14.9 Å². The van der Waals surface area contributed by atoms with E-state index in [0.29, 0.717) is 6.54 Å². The van der Waals surface area contributed by atoms with Crippen molar-refractivity contribution in [3.05, 3.63) is 30.1 Å². The second-order valence-electron chi connectivity index (χ2n) is 3.91. The molecule has 16 heavy (non-hydrogen) atoms. The number of hydrogen-bond donors (Lipinski definition) is 1. The molecule has 0 bridgehead atoms. The highest BCUT2D eigenvalue weighted by atomic mass is 16.1. The first-order valence-electron chi connectivity index (χ1n) is 5.31. The number of nitrogens with one attached hydrogen (secondary N) is 1. The van der Waals surface area contributed by atoms with Crippen LogP contribution in [0.3, 0.4) is 0 Å². The SMILES string of the molecule is CC(=O)NCCc1ccc2c(c1)ncn2C. The van der Waals surface area contributed by atoms with E-state index >= 15 is 0 Å². The lowest BCUT2D eigenvalue weighted by Gasteiger charge is -2.02. The second kappa shape index (κ2) is 4.35. The fraction of sp³-hybridized carbons (Fsp3) is 0.333. The third-order valence-corrected chi connectivity index (χ3v) is 2.58. The maximum Gasteiger partial charge on any atom is 0.216 e. The van der Waals surface area contributed by atoms with Crippen molar-refractivity contribution in [2.45, 2.75) is 13.3 Å². The molecule has 0 fully saturated rings. The van der Waals surface area contributed by atoms with Crippen LogP contribution in [0.5, 0.6) is 0 Å². The smallest absolute Gasteiger partial charge is 0.216 e. The predicted octanol–water partition coefficient (Wildman–Crippen LogP) is 1.25. The van der Waals surface area contributed by atoms with Crippen LogP contribution in [0, 0.1) is 0 Å². The minimum Gasteiger partial charge on any atom is -0.356 e. The minimum absolute atomic E-state index is 0.0129. The van der Waals surface area contributed by atoms with Gasteiger partial charge in [0, 0.05) is 20.5 Å². The summed E-state index contributed by atoms with van der Waals surface area (Å²) in [5, 5.41) is 2.78. The van der Waals surface area contributed by atoms with Gasteiger partial charge >= 0.3 is 0 Å². The topological polar surface area (TPSA) is 46.9 Å². The van der Waals surface area contributed by atoms with Crippen LogP contribution in [0.4, 0.5) is 0 Å². The van der Waals surface area contributed by atoms with Gasteiger partial charge in [-0.1, -0.05) is 6.07 Å².